The lowest BCUT2D eigenvalue weighted by atomic mass is 9.97. The van der Waals surface area contributed by atoms with Gasteiger partial charge in [-0.1, -0.05) is 44.2 Å². The fourth-order valence-electron chi connectivity index (χ4n) is 2.13. The van der Waals surface area contributed by atoms with Gasteiger partial charge in [0, 0.05) is 6.54 Å². The number of carbonyl (C=O) groups is 2. The summed E-state index contributed by atoms with van der Waals surface area (Å²) in [6.07, 6.45) is 1.30. The molecule has 1 atom stereocenters. The van der Waals surface area contributed by atoms with Crippen LogP contribution in [0.15, 0.2) is 30.3 Å². The molecule has 0 aliphatic heterocycles. The summed E-state index contributed by atoms with van der Waals surface area (Å²) in [5.74, 6) is -1.42. The van der Waals surface area contributed by atoms with E-state index in [1.807, 2.05) is 44.2 Å². The average molecular weight is 307 g/mol. The monoisotopic (exact) mass is 307 g/mol. The summed E-state index contributed by atoms with van der Waals surface area (Å²) in [5, 5.41) is 11.7. The lowest BCUT2D eigenvalue weighted by molar-refractivity contribution is -0.142. The molecule has 0 spiro atoms. The van der Waals surface area contributed by atoms with Crippen LogP contribution < -0.4 is 5.32 Å². The maximum Gasteiger partial charge on any atom is 0.308 e. The summed E-state index contributed by atoms with van der Waals surface area (Å²) in [7, 11) is 0. The molecule has 0 saturated heterocycles. The van der Waals surface area contributed by atoms with Gasteiger partial charge in [-0.05, 0) is 24.3 Å². The highest BCUT2D eigenvalue weighted by Gasteiger charge is 2.19. The van der Waals surface area contributed by atoms with Crippen molar-refractivity contribution < 1.29 is 19.4 Å². The van der Waals surface area contributed by atoms with Crippen LogP contribution in [0.4, 0.5) is 0 Å². The Hall–Kier alpha value is -1.88. The SMILES string of the molecule is CC(C)CC(CNC(=O)COCCc1ccccc1)C(=O)O. The standard InChI is InChI=1S/C17H25NO4/c1-13(2)10-15(17(20)21)11-18-16(19)12-22-9-8-14-6-4-3-5-7-14/h3-7,13,15H,8-12H2,1-2H3,(H,18,19)(H,20,21). The van der Waals surface area contributed by atoms with E-state index in [1.165, 1.54) is 0 Å². The van der Waals surface area contributed by atoms with Gasteiger partial charge >= 0.3 is 5.97 Å². The van der Waals surface area contributed by atoms with E-state index in [0.717, 1.165) is 12.0 Å². The van der Waals surface area contributed by atoms with Gasteiger partial charge in [-0.3, -0.25) is 9.59 Å². The predicted molar refractivity (Wildman–Crippen MR) is 84.6 cm³/mol. The Morgan fingerprint density at radius 3 is 2.50 bits per heavy atom. The summed E-state index contributed by atoms with van der Waals surface area (Å²) in [6.45, 7) is 4.50. The molecule has 5 heteroatoms. The second-order valence-corrected chi connectivity index (χ2v) is 5.76. The normalized spacial score (nSPS) is 12.1. The molecule has 122 valence electrons. The van der Waals surface area contributed by atoms with E-state index < -0.39 is 11.9 Å². The minimum absolute atomic E-state index is 0.0408. The van der Waals surface area contributed by atoms with Crippen LogP contribution >= 0.6 is 0 Å². The molecule has 0 fully saturated rings. The van der Waals surface area contributed by atoms with Gasteiger partial charge in [-0.25, -0.2) is 0 Å². The van der Waals surface area contributed by atoms with Crippen molar-refractivity contribution >= 4 is 11.9 Å². The smallest absolute Gasteiger partial charge is 0.308 e. The molecule has 1 unspecified atom stereocenters. The number of aliphatic carboxylic acids is 1. The molecule has 0 heterocycles. The van der Waals surface area contributed by atoms with Crippen molar-refractivity contribution in [1.82, 2.24) is 5.32 Å². The van der Waals surface area contributed by atoms with Crippen LogP contribution in [-0.2, 0) is 20.7 Å². The Bertz CT molecular complexity index is 459. The molecule has 2 N–H and O–H groups in total. The summed E-state index contributed by atoms with van der Waals surface area (Å²) >= 11 is 0. The molecule has 0 bridgehead atoms. The molecule has 1 rings (SSSR count). The first-order chi connectivity index (χ1) is 10.5. The van der Waals surface area contributed by atoms with E-state index in [1.54, 1.807) is 0 Å². The minimum Gasteiger partial charge on any atom is -0.481 e. The molecule has 0 aromatic heterocycles. The number of carboxylic acids is 1. The van der Waals surface area contributed by atoms with Gasteiger partial charge in [0.25, 0.3) is 0 Å². The molecular weight excluding hydrogens is 282 g/mol. The maximum absolute atomic E-state index is 11.6. The first-order valence-electron chi connectivity index (χ1n) is 7.60. The molecule has 0 saturated carbocycles. The van der Waals surface area contributed by atoms with E-state index in [9.17, 15) is 9.59 Å². The zero-order valence-electron chi connectivity index (χ0n) is 13.2. The predicted octanol–water partition coefficient (Wildman–Crippen LogP) is 2.11. The van der Waals surface area contributed by atoms with E-state index in [4.69, 9.17) is 9.84 Å². The first-order valence-corrected chi connectivity index (χ1v) is 7.60. The number of hydrogen-bond donors (Lipinski definition) is 2. The molecule has 1 amide bonds. The Morgan fingerprint density at radius 2 is 1.91 bits per heavy atom. The van der Waals surface area contributed by atoms with Gasteiger partial charge in [-0.15, -0.1) is 0 Å². The lowest BCUT2D eigenvalue weighted by Gasteiger charge is -2.15. The van der Waals surface area contributed by atoms with Crippen LogP contribution in [0.3, 0.4) is 0 Å². The Kier molecular flexibility index (Phi) is 8.22. The third-order valence-corrected chi connectivity index (χ3v) is 3.26. The van der Waals surface area contributed by atoms with Crippen molar-refractivity contribution in [1.29, 1.82) is 0 Å². The van der Waals surface area contributed by atoms with Gasteiger partial charge < -0.3 is 15.2 Å². The van der Waals surface area contributed by atoms with Crippen LogP contribution in [0.5, 0.6) is 0 Å². The number of ether oxygens (including phenoxy) is 1. The van der Waals surface area contributed by atoms with Gasteiger partial charge in [0.2, 0.25) is 5.91 Å². The van der Waals surface area contributed by atoms with Crippen LogP contribution in [0, 0.1) is 11.8 Å². The number of carboxylic acid groups (broad SMARTS) is 1. The third kappa shape index (κ3) is 7.78. The van der Waals surface area contributed by atoms with Crippen LogP contribution in [0.25, 0.3) is 0 Å². The van der Waals surface area contributed by atoms with Crippen molar-refractivity contribution in [3.63, 3.8) is 0 Å². The minimum atomic E-state index is -0.876. The second kappa shape index (κ2) is 9.95. The Labute approximate surface area is 131 Å². The third-order valence-electron chi connectivity index (χ3n) is 3.26. The number of amides is 1. The zero-order chi connectivity index (χ0) is 16.4. The first kappa shape index (κ1) is 18.2. The van der Waals surface area contributed by atoms with E-state index >= 15 is 0 Å². The number of benzene rings is 1. The van der Waals surface area contributed by atoms with E-state index in [2.05, 4.69) is 5.32 Å². The number of hydrogen-bond acceptors (Lipinski definition) is 3. The highest BCUT2D eigenvalue weighted by Crippen LogP contribution is 2.11. The van der Waals surface area contributed by atoms with Gasteiger partial charge in [0.1, 0.15) is 6.61 Å². The fraction of sp³-hybridized carbons (Fsp3) is 0.529. The topological polar surface area (TPSA) is 75.6 Å². The molecule has 1 aromatic carbocycles. The number of rotatable bonds is 10. The molecular formula is C17H25NO4. The van der Waals surface area contributed by atoms with Crippen molar-refractivity contribution in [2.75, 3.05) is 19.8 Å². The van der Waals surface area contributed by atoms with Gasteiger partial charge in [0.15, 0.2) is 0 Å². The van der Waals surface area contributed by atoms with Crippen molar-refractivity contribution in [3.05, 3.63) is 35.9 Å². The van der Waals surface area contributed by atoms with Crippen LogP contribution in [0.2, 0.25) is 0 Å². The largest absolute Gasteiger partial charge is 0.481 e. The molecule has 0 aliphatic carbocycles. The van der Waals surface area contributed by atoms with E-state index in [-0.39, 0.29) is 25.0 Å². The molecule has 0 radical (unpaired) electrons. The molecule has 1 aromatic rings. The molecule has 5 nitrogen and oxygen atoms in total. The number of nitrogens with one attached hydrogen (secondary N) is 1. The summed E-state index contributed by atoms with van der Waals surface area (Å²) in [6, 6.07) is 9.89. The highest BCUT2D eigenvalue weighted by atomic mass is 16.5. The van der Waals surface area contributed by atoms with Crippen molar-refractivity contribution in [2.24, 2.45) is 11.8 Å². The molecule has 22 heavy (non-hydrogen) atoms. The number of carbonyl (C=O) groups excluding carboxylic acids is 1. The fourth-order valence-corrected chi connectivity index (χ4v) is 2.13. The Balaban J connectivity index is 2.18. The summed E-state index contributed by atoms with van der Waals surface area (Å²) in [4.78, 5) is 22.7. The van der Waals surface area contributed by atoms with Gasteiger partial charge in [-0.2, -0.15) is 0 Å². The molecule has 0 aliphatic rings. The quantitative estimate of drug-likeness (QED) is 0.649. The van der Waals surface area contributed by atoms with Crippen LogP contribution in [-0.4, -0.2) is 36.7 Å². The summed E-state index contributed by atoms with van der Waals surface area (Å²) < 4.78 is 5.31. The lowest BCUT2D eigenvalue weighted by Crippen LogP contribution is -2.35. The maximum atomic E-state index is 11.6. The van der Waals surface area contributed by atoms with Crippen LogP contribution in [0.1, 0.15) is 25.8 Å². The van der Waals surface area contributed by atoms with E-state index in [0.29, 0.717) is 13.0 Å². The average Bonchev–Trinajstić information content (AvgIpc) is 2.48. The zero-order valence-corrected chi connectivity index (χ0v) is 13.2. The highest BCUT2D eigenvalue weighted by molar-refractivity contribution is 5.78. The second-order valence-electron chi connectivity index (χ2n) is 5.76. The van der Waals surface area contributed by atoms with Crippen molar-refractivity contribution in [3.8, 4) is 0 Å². The Morgan fingerprint density at radius 1 is 1.23 bits per heavy atom. The van der Waals surface area contributed by atoms with Gasteiger partial charge in [0.05, 0.1) is 12.5 Å². The summed E-state index contributed by atoms with van der Waals surface area (Å²) in [5.41, 5.74) is 1.16. The van der Waals surface area contributed by atoms with Crippen molar-refractivity contribution in [2.45, 2.75) is 26.7 Å².